The van der Waals surface area contributed by atoms with Crippen molar-refractivity contribution < 1.29 is 9.59 Å². The molecule has 1 aliphatic rings. The summed E-state index contributed by atoms with van der Waals surface area (Å²) in [6, 6.07) is 2.86. The molecule has 9 nitrogen and oxygen atoms in total. The zero-order chi connectivity index (χ0) is 15.1. The number of pyridine rings is 1. The second kappa shape index (κ2) is 7.22. The predicted octanol–water partition coefficient (Wildman–Crippen LogP) is -0.564. The molecule has 21 heavy (non-hydrogen) atoms. The first kappa shape index (κ1) is 14.8. The van der Waals surface area contributed by atoms with Crippen molar-refractivity contribution in [3.63, 3.8) is 0 Å². The lowest BCUT2D eigenvalue weighted by Crippen LogP contribution is -2.61. The summed E-state index contributed by atoms with van der Waals surface area (Å²) in [5.74, 6) is 0. The third-order valence-corrected chi connectivity index (χ3v) is 2.59. The van der Waals surface area contributed by atoms with Crippen LogP contribution in [0.15, 0.2) is 34.6 Å². The fourth-order valence-corrected chi connectivity index (χ4v) is 1.57. The molecule has 0 radical (unpaired) electrons. The average molecular weight is 289 g/mol. The first-order valence-electron chi connectivity index (χ1n) is 6.19. The van der Waals surface area contributed by atoms with E-state index in [-0.39, 0.29) is 0 Å². The first-order chi connectivity index (χ1) is 10.2. The van der Waals surface area contributed by atoms with Crippen LogP contribution in [0.4, 0.5) is 4.79 Å². The van der Waals surface area contributed by atoms with Gasteiger partial charge in [-0.2, -0.15) is 15.6 Å². The molecule has 0 bridgehead atoms. The van der Waals surface area contributed by atoms with E-state index in [9.17, 15) is 9.59 Å². The van der Waals surface area contributed by atoms with Crippen molar-refractivity contribution >= 4 is 24.2 Å². The van der Waals surface area contributed by atoms with Gasteiger partial charge >= 0.3 is 6.03 Å². The van der Waals surface area contributed by atoms with Gasteiger partial charge in [-0.15, -0.1) is 0 Å². The minimum Gasteiger partial charge on any atom is -0.299 e. The Balaban J connectivity index is 1.85. The monoisotopic (exact) mass is 289 g/mol. The number of aromatic nitrogens is 1. The number of rotatable bonds is 4. The van der Waals surface area contributed by atoms with Gasteiger partial charge < -0.3 is 0 Å². The van der Waals surface area contributed by atoms with Crippen molar-refractivity contribution in [3.05, 3.63) is 30.1 Å². The van der Waals surface area contributed by atoms with Crippen molar-refractivity contribution in [1.82, 2.24) is 26.4 Å². The summed E-state index contributed by atoms with van der Waals surface area (Å²) in [5, 5.41) is 5.44. The normalized spacial score (nSPS) is 18.9. The van der Waals surface area contributed by atoms with Gasteiger partial charge in [-0.05, 0) is 24.6 Å². The van der Waals surface area contributed by atoms with Gasteiger partial charge in [0.2, 0.25) is 0 Å². The largest absolute Gasteiger partial charge is 0.356 e. The molecule has 3 N–H and O–H groups in total. The number of amides is 2. The lowest BCUT2D eigenvalue weighted by atomic mass is 10.3. The van der Waals surface area contributed by atoms with Crippen LogP contribution in [0.2, 0.25) is 0 Å². The molecule has 2 rings (SSSR count). The van der Waals surface area contributed by atoms with E-state index in [0.29, 0.717) is 12.8 Å². The Morgan fingerprint density at radius 2 is 2.29 bits per heavy atom. The number of hydrogen-bond acceptors (Lipinski definition) is 7. The Bertz CT molecular complexity index is 558. The number of nitrogens with zero attached hydrogens (tertiary/aromatic N) is 4. The van der Waals surface area contributed by atoms with Crippen LogP contribution >= 0.6 is 0 Å². The third kappa shape index (κ3) is 4.44. The summed E-state index contributed by atoms with van der Waals surface area (Å²) in [7, 11) is 0. The Kier molecular flexibility index (Phi) is 5.07. The van der Waals surface area contributed by atoms with Gasteiger partial charge in [-0.3, -0.25) is 20.6 Å². The number of nitrogens with one attached hydrogen (secondary N) is 3. The number of carbonyl (C=O) groups is 2. The van der Waals surface area contributed by atoms with Gasteiger partial charge in [0, 0.05) is 18.6 Å². The molecule has 0 saturated heterocycles. The summed E-state index contributed by atoms with van der Waals surface area (Å²) >= 11 is 0. The highest BCUT2D eigenvalue weighted by molar-refractivity contribution is 5.90. The lowest BCUT2D eigenvalue weighted by molar-refractivity contribution is -0.115. The average Bonchev–Trinajstić information content (AvgIpc) is 2.52. The van der Waals surface area contributed by atoms with Gasteiger partial charge in [-0.1, -0.05) is 0 Å². The first-order valence-corrected chi connectivity index (χ1v) is 6.19. The van der Waals surface area contributed by atoms with E-state index in [4.69, 9.17) is 0 Å². The summed E-state index contributed by atoms with van der Waals surface area (Å²) in [5.41, 5.74) is 9.17. The highest BCUT2D eigenvalue weighted by Gasteiger charge is 2.21. The van der Waals surface area contributed by atoms with Crippen LogP contribution in [-0.4, -0.2) is 46.9 Å². The summed E-state index contributed by atoms with van der Waals surface area (Å²) in [6.45, 7) is 2.19. The Morgan fingerprint density at radius 1 is 1.52 bits per heavy atom. The van der Waals surface area contributed by atoms with Gasteiger partial charge in [0.05, 0.1) is 12.3 Å². The number of carbonyl (C=O) groups excluding carboxylic acids is 2. The minimum absolute atomic E-state index is 0.394. The van der Waals surface area contributed by atoms with Crippen LogP contribution in [0.5, 0.6) is 0 Å². The molecular formula is C12H15N7O2. The molecule has 2 heterocycles. The van der Waals surface area contributed by atoms with E-state index >= 15 is 0 Å². The maximum absolute atomic E-state index is 11.6. The maximum atomic E-state index is 11.6. The second-order valence-corrected chi connectivity index (χ2v) is 4.27. The molecule has 1 aliphatic heterocycles. The van der Waals surface area contributed by atoms with Crippen LogP contribution in [0, 0.1) is 0 Å². The number of hydrazone groups is 1. The van der Waals surface area contributed by atoms with Crippen molar-refractivity contribution in [3.8, 4) is 0 Å². The zero-order valence-corrected chi connectivity index (χ0v) is 11.4. The molecule has 9 heteroatoms. The molecule has 0 saturated carbocycles. The van der Waals surface area contributed by atoms with E-state index in [0.717, 1.165) is 11.3 Å². The second-order valence-electron chi connectivity index (χ2n) is 4.27. The lowest BCUT2D eigenvalue weighted by Gasteiger charge is -2.30. The van der Waals surface area contributed by atoms with Crippen molar-refractivity contribution in [2.45, 2.75) is 13.1 Å². The summed E-state index contributed by atoms with van der Waals surface area (Å²) in [6.07, 6.45) is 4.64. The third-order valence-electron chi connectivity index (χ3n) is 2.59. The maximum Gasteiger partial charge on any atom is 0.356 e. The molecule has 0 aromatic carbocycles. The van der Waals surface area contributed by atoms with E-state index in [2.05, 4.69) is 31.5 Å². The minimum atomic E-state index is -0.654. The van der Waals surface area contributed by atoms with Crippen LogP contribution in [0.3, 0.4) is 0 Å². The molecule has 0 aliphatic carbocycles. The van der Waals surface area contributed by atoms with Crippen LogP contribution in [0.25, 0.3) is 0 Å². The van der Waals surface area contributed by atoms with Crippen molar-refractivity contribution in [2.75, 3.05) is 6.54 Å². The van der Waals surface area contributed by atoms with Gasteiger partial charge in [0.25, 0.3) is 0 Å². The van der Waals surface area contributed by atoms with E-state index in [1.807, 2.05) is 0 Å². The van der Waals surface area contributed by atoms with Gasteiger partial charge in [-0.25, -0.2) is 9.79 Å². The van der Waals surface area contributed by atoms with E-state index in [1.54, 1.807) is 31.5 Å². The Labute approximate surface area is 121 Å². The fraction of sp³-hybridized carbons (Fsp3) is 0.250. The van der Waals surface area contributed by atoms with Crippen LogP contribution in [0.1, 0.15) is 12.5 Å². The molecule has 0 spiro atoms. The van der Waals surface area contributed by atoms with Crippen LogP contribution in [-0.2, 0) is 4.79 Å². The SMILES string of the molecule is CC1=NNC(C=O)N(NNC(=O)N=Cc2ccncc2)C1. The molecule has 1 aromatic rings. The zero-order valence-electron chi connectivity index (χ0n) is 11.4. The number of hydrazine groups is 2. The fourth-order valence-electron chi connectivity index (χ4n) is 1.57. The number of aldehydes is 1. The smallest absolute Gasteiger partial charge is 0.299 e. The van der Waals surface area contributed by atoms with Crippen molar-refractivity contribution in [2.24, 2.45) is 10.1 Å². The van der Waals surface area contributed by atoms with Gasteiger partial charge in [0.1, 0.15) is 0 Å². The summed E-state index contributed by atoms with van der Waals surface area (Å²) < 4.78 is 0. The number of hydrogen-bond donors (Lipinski definition) is 3. The number of aliphatic imine (C=N–C) groups is 1. The standard InChI is InChI=1S/C12H15N7O2/c1-9-7-19(11(8-20)16-15-9)18-17-12(21)14-6-10-2-4-13-5-3-10/h2-6,8,11,16,18H,7H2,1H3,(H,17,21). The molecule has 110 valence electrons. The van der Waals surface area contributed by atoms with E-state index in [1.165, 1.54) is 11.2 Å². The molecule has 1 aromatic heterocycles. The highest BCUT2D eigenvalue weighted by atomic mass is 16.2. The molecule has 1 unspecified atom stereocenters. The van der Waals surface area contributed by atoms with Crippen LogP contribution < -0.4 is 16.4 Å². The predicted molar refractivity (Wildman–Crippen MR) is 76.3 cm³/mol. The van der Waals surface area contributed by atoms with E-state index < -0.39 is 12.2 Å². The topological polar surface area (TPSA) is 111 Å². The Morgan fingerprint density at radius 3 is 3.00 bits per heavy atom. The summed E-state index contributed by atoms with van der Waals surface area (Å²) in [4.78, 5) is 30.0. The molecular weight excluding hydrogens is 274 g/mol. The molecule has 1 atom stereocenters. The van der Waals surface area contributed by atoms with Gasteiger partial charge in [0.15, 0.2) is 12.5 Å². The highest BCUT2D eigenvalue weighted by Crippen LogP contribution is 1.96. The number of urea groups is 1. The van der Waals surface area contributed by atoms with Crippen molar-refractivity contribution in [1.29, 1.82) is 0 Å². The molecule has 0 fully saturated rings. The molecule has 2 amide bonds. The Hall–Kier alpha value is -2.65. The quantitative estimate of drug-likeness (QED) is 0.389.